The Morgan fingerprint density at radius 1 is 1.11 bits per heavy atom. The largest absolute Gasteiger partial charge is 0.290 e. The van der Waals surface area contributed by atoms with Crippen LogP contribution in [-0.2, 0) is 0 Å². The highest BCUT2D eigenvalue weighted by molar-refractivity contribution is 5.97. The molecule has 3 N–H and O–H groups in total. The molecule has 0 spiro atoms. The molecule has 0 aromatic carbocycles. The third-order valence-corrected chi connectivity index (χ3v) is 2.13. The number of hydrogen-bond donors (Lipinski definition) is 3. The minimum Gasteiger partial charge on any atom is -0.268 e. The maximum atomic E-state index is 11.6. The molecular formula is C11H9N5O3. The standard InChI is InChI=1S/C11H9N5O3/c17-9-4-3-8(13-14-9)11(19)16-15-10(18)7-2-1-5-12-6-7/h1-6H,(H,14,17)(H,15,18)(H,16,19). The minimum absolute atomic E-state index is 0.0221. The van der Waals surface area contributed by atoms with Gasteiger partial charge in [0.05, 0.1) is 5.56 Å². The predicted molar refractivity (Wildman–Crippen MR) is 64.0 cm³/mol. The summed E-state index contributed by atoms with van der Waals surface area (Å²) in [6, 6.07) is 5.54. The number of rotatable bonds is 2. The van der Waals surface area contributed by atoms with Gasteiger partial charge >= 0.3 is 0 Å². The molecule has 2 rings (SSSR count). The Labute approximate surface area is 106 Å². The van der Waals surface area contributed by atoms with E-state index in [4.69, 9.17) is 0 Å². The molecule has 8 heteroatoms. The van der Waals surface area contributed by atoms with Gasteiger partial charge in [0.15, 0.2) is 5.69 Å². The van der Waals surface area contributed by atoms with Crippen molar-refractivity contribution in [3.05, 3.63) is 58.3 Å². The Balaban J connectivity index is 1.96. The van der Waals surface area contributed by atoms with Gasteiger partial charge < -0.3 is 0 Å². The van der Waals surface area contributed by atoms with Crippen LogP contribution in [-0.4, -0.2) is 27.0 Å². The summed E-state index contributed by atoms with van der Waals surface area (Å²) in [7, 11) is 0. The number of hydrogen-bond acceptors (Lipinski definition) is 5. The van der Waals surface area contributed by atoms with Crippen LogP contribution in [0.1, 0.15) is 20.8 Å². The molecule has 0 unspecified atom stereocenters. The molecule has 2 aromatic heterocycles. The van der Waals surface area contributed by atoms with Crippen LogP contribution in [0.3, 0.4) is 0 Å². The lowest BCUT2D eigenvalue weighted by Gasteiger charge is -2.05. The van der Waals surface area contributed by atoms with E-state index in [2.05, 4.69) is 26.0 Å². The van der Waals surface area contributed by atoms with E-state index in [1.807, 2.05) is 0 Å². The first-order valence-corrected chi connectivity index (χ1v) is 5.23. The van der Waals surface area contributed by atoms with E-state index < -0.39 is 17.4 Å². The number of amides is 2. The number of aromatic amines is 1. The number of carbonyl (C=O) groups is 2. The van der Waals surface area contributed by atoms with Gasteiger partial charge in [-0.1, -0.05) is 0 Å². The summed E-state index contributed by atoms with van der Waals surface area (Å²) in [5.41, 5.74) is 4.23. The third-order valence-electron chi connectivity index (χ3n) is 2.13. The number of pyridine rings is 1. The highest BCUT2D eigenvalue weighted by Crippen LogP contribution is 1.94. The number of nitrogens with zero attached hydrogens (tertiary/aromatic N) is 2. The van der Waals surface area contributed by atoms with E-state index in [0.29, 0.717) is 5.56 Å². The second kappa shape index (κ2) is 5.54. The Kier molecular flexibility index (Phi) is 3.62. The van der Waals surface area contributed by atoms with Gasteiger partial charge in [0.2, 0.25) is 0 Å². The molecule has 0 aliphatic rings. The zero-order valence-electron chi connectivity index (χ0n) is 9.58. The van der Waals surface area contributed by atoms with Crippen molar-refractivity contribution in [2.24, 2.45) is 0 Å². The van der Waals surface area contributed by atoms with Crippen molar-refractivity contribution < 1.29 is 9.59 Å². The molecule has 2 heterocycles. The van der Waals surface area contributed by atoms with Crippen molar-refractivity contribution in [1.29, 1.82) is 0 Å². The second-order valence-corrected chi connectivity index (χ2v) is 3.46. The summed E-state index contributed by atoms with van der Waals surface area (Å²) in [6.07, 6.45) is 2.89. The van der Waals surface area contributed by atoms with Crippen LogP contribution in [0.15, 0.2) is 41.5 Å². The van der Waals surface area contributed by atoms with Crippen LogP contribution >= 0.6 is 0 Å². The minimum atomic E-state index is -0.645. The highest BCUT2D eigenvalue weighted by Gasteiger charge is 2.09. The van der Waals surface area contributed by atoms with Crippen molar-refractivity contribution in [3.8, 4) is 0 Å². The van der Waals surface area contributed by atoms with E-state index in [0.717, 1.165) is 6.07 Å². The fourth-order valence-corrected chi connectivity index (χ4v) is 1.22. The van der Waals surface area contributed by atoms with E-state index >= 15 is 0 Å². The molecule has 8 nitrogen and oxygen atoms in total. The lowest BCUT2D eigenvalue weighted by molar-refractivity contribution is 0.0843. The lowest BCUT2D eigenvalue weighted by atomic mass is 10.3. The summed E-state index contributed by atoms with van der Waals surface area (Å²) >= 11 is 0. The quantitative estimate of drug-likeness (QED) is 0.613. The van der Waals surface area contributed by atoms with Crippen LogP contribution in [0.2, 0.25) is 0 Å². The Morgan fingerprint density at radius 3 is 2.53 bits per heavy atom. The smallest absolute Gasteiger partial charge is 0.268 e. The number of aromatic nitrogens is 3. The summed E-state index contributed by atoms with van der Waals surface area (Å²) in [5, 5.41) is 5.63. The van der Waals surface area contributed by atoms with Gasteiger partial charge in [0.25, 0.3) is 17.4 Å². The van der Waals surface area contributed by atoms with Crippen molar-refractivity contribution in [1.82, 2.24) is 26.0 Å². The van der Waals surface area contributed by atoms with Crippen LogP contribution < -0.4 is 16.4 Å². The van der Waals surface area contributed by atoms with Gasteiger partial charge in [-0.2, -0.15) is 5.10 Å². The van der Waals surface area contributed by atoms with Gasteiger partial charge in [-0.25, -0.2) is 5.10 Å². The molecule has 0 saturated heterocycles. The first-order valence-electron chi connectivity index (χ1n) is 5.23. The predicted octanol–water partition coefficient (Wildman–Crippen LogP) is -0.760. The zero-order valence-corrected chi connectivity index (χ0v) is 9.58. The maximum Gasteiger partial charge on any atom is 0.290 e. The molecule has 0 radical (unpaired) electrons. The molecule has 19 heavy (non-hydrogen) atoms. The van der Waals surface area contributed by atoms with Crippen LogP contribution in [0.4, 0.5) is 0 Å². The van der Waals surface area contributed by atoms with Crippen LogP contribution in [0.25, 0.3) is 0 Å². The van der Waals surface area contributed by atoms with E-state index in [1.54, 1.807) is 12.1 Å². The van der Waals surface area contributed by atoms with Crippen LogP contribution in [0, 0.1) is 0 Å². The first kappa shape index (κ1) is 12.4. The Hall–Kier alpha value is -3.03. The third kappa shape index (κ3) is 3.22. The normalized spacial score (nSPS) is 9.68. The van der Waals surface area contributed by atoms with Gasteiger partial charge in [-0.3, -0.25) is 30.2 Å². The van der Waals surface area contributed by atoms with Crippen molar-refractivity contribution in [2.45, 2.75) is 0 Å². The zero-order chi connectivity index (χ0) is 13.7. The SMILES string of the molecule is O=C(NNC(=O)c1ccc(=O)[nH]n1)c1cccnc1. The Bertz CT molecular complexity index is 632. The second-order valence-electron chi connectivity index (χ2n) is 3.46. The van der Waals surface area contributed by atoms with Gasteiger partial charge in [0, 0.05) is 18.5 Å². The van der Waals surface area contributed by atoms with E-state index in [1.165, 1.54) is 18.5 Å². The molecule has 0 fully saturated rings. The van der Waals surface area contributed by atoms with Crippen LogP contribution in [0.5, 0.6) is 0 Å². The fourth-order valence-electron chi connectivity index (χ4n) is 1.22. The Morgan fingerprint density at radius 2 is 1.89 bits per heavy atom. The average molecular weight is 259 g/mol. The number of hydrazine groups is 1. The van der Waals surface area contributed by atoms with Gasteiger partial charge in [-0.05, 0) is 18.2 Å². The lowest BCUT2D eigenvalue weighted by Crippen LogP contribution is -2.42. The van der Waals surface area contributed by atoms with Crippen molar-refractivity contribution in [3.63, 3.8) is 0 Å². The number of carbonyl (C=O) groups excluding carboxylic acids is 2. The molecule has 0 aliphatic heterocycles. The fraction of sp³-hybridized carbons (Fsp3) is 0. The molecule has 2 amide bonds. The monoisotopic (exact) mass is 259 g/mol. The number of H-pyrrole nitrogens is 1. The van der Waals surface area contributed by atoms with Gasteiger partial charge in [0.1, 0.15) is 0 Å². The topological polar surface area (TPSA) is 117 Å². The van der Waals surface area contributed by atoms with Crippen molar-refractivity contribution >= 4 is 11.8 Å². The number of nitrogens with one attached hydrogen (secondary N) is 3. The summed E-state index contributed by atoms with van der Waals surface area (Å²) < 4.78 is 0. The van der Waals surface area contributed by atoms with E-state index in [9.17, 15) is 14.4 Å². The summed E-state index contributed by atoms with van der Waals surface area (Å²) in [6.45, 7) is 0. The highest BCUT2D eigenvalue weighted by atomic mass is 16.2. The molecule has 0 atom stereocenters. The molecule has 0 saturated carbocycles. The average Bonchev–Trinajstić information content (AvgIpc) is 2.46. The molecule has 2 aromatic rings. The van der Waals surface area contributed by atoms with E-state index in [-0.39, 0.29) is 5.69 Å². The molecule has 0 bridgehead atoms. The molecule has 96 valence electrons. The first-order chi connectivity index (χ1) is 9.16. The maximum absolute atomic E-state index is 11.6. The molecular weight excluding hydrogens is 250 g/mol. The van der Waals surface area contributed by atoms with Gasteiger partial charge in [-0.15, -0.1) is 0 Å². The molecule has 0 aliphatic carbocycles. The summed E-state index contributed by atoms with van der Waals surface area (Å²) in [4.78, 5) is 37.7. The summed E-state index contributed by atoms with van der Waals surface area (Å²) in [5.74, 6) is -1.15. The van der Waals surface area contributed by atoms with Crippen molar-refractivity contribution in [2.75, 3.05) is 0 Å².